The fraction of sp³-hybridized carbons (Fsp3) is 0.250. The van der Waals surface area contributed by atoms with Gasteiger partial charge in [-0.25, -0.2) is 8.42 Å². The van der Waals surface area contributed by atoms with Crippen LogP contribution in [0.3, 0.4) is 0 Å². The lowest BCUT2D eigenvalue weighted by atomic mass is 10.0. The first kappa shape index (κ1) is 17.4. The monoisotopic (exact) mass is 352 g/mol. The Balaban J connectivity index is 2.38. The molecular formula is C16H16O5S2. The minimum Gasteiger partial charge on any atom is -0.449 e. The highest BCUT2D eigenvalue weighted by Crippen LogP contribution is 2.27. The van der Waals surface area contributed by atoms with E-state index in [1.165, 1.54) is 42.5 Å². The summed E-state index contributed by atoms with van der Waals surface area (Å²) >= 11 is 1.32. The first-order chi connectivity index (χ1) is 10.7. The Morgan fingerprint density at radius 3 is 2.13 bits per heavy atom. The molecule has 1 aromatic heterocycles. The molecule has 0 aliphatic heterocycles. The van der Waals surface area contributed by atoms with Gasteiger partial charge in [0.05, 0.1) is 9.77 Å². The van der Waals surface area contributed by atoms with Crippen molar-refractivity contribution < 1.29 is 22.7 Å². The first-order valence-corrected chi connectivity index (χ1v) is 9.47. The van der Waals surface area contributed by atoms with Crippen LogP contribution in [0.25, 0.3) is 0 Å². The quantitative estimate of drug-likeness (QED) is 0.611. The minimum atomic E-state index is -3.33. The van der Waals surface area contributed by atoms with E-state index >= 15 is 0 Å². The smallest absolute Gasteiger partial charge is 0.303 e. The predicted octanol–water partition coefficient (Wildman–Crippen LogP) is 2.95. The number of carbonyl (C=O) groups excluding carboxylic acids is 2. The highest BCUT2D eigenvalue weighted by atomic mass is 32.2. The fourth-order valence-corrected chi connectivity index (χ4v) is 3.48. The molecule has 0 N–H and O–H groups in total. The van der Waals surface area contributed by atoms with Crippen LogP contribution in [0.2, 0.25) is 0 Å². The third-order valence-electron chi connectivity index (χ3n) is 3.12. The molecule has 2 aromatic rings. The van der Waals surface area contributed by atoms with Crippen LogP contribution in [0.15, 0.2) is 41.3 Å². The minimum absolute atomic E-state index is 0.141. The molecule has 0 saturated carbocycles. The standard InChI is InChI=1S/C16H16O5S2/c1-10-4-9-14(22-10)15(18)16(21-11(2)17)12-5-7-13(8-6-12)23(3,19)20/h4-9,16H,1-3H3. The lowest BCUT2D eigenvalue weighted by Gasteiger charge is -2.16. The summed E-state index contributed by atoms with van der Waals surface area (Å²) in [7, 11) is -3.33. The molecule has 0 amide bonds. The van der Waals surface area contributed by atoms with Crippen molar-refractivity contribution in [1.29, 1.82) is 0 Å². The number of Topliss-reactive ketones (excluding diaryl/α,β-unsaturated/α-hetero) is 1. The summed E-state index contributed by atoms with van der Waals surface area (Å²) < 4.78 is 28.2. The molecule has 0 bridgehead atoms. The van der Waals surface area contributed by atoms with Crippen molar-refractivity contribution in [3.05, 3.63) is 51.7 Å². The molecule has 1 unspecified atom stereocenters. The van der Waals surface area contributed by atoms with Crippen LogP contribution in [0, 0.1) is 6.92 Å². The zero-order valence-corrected chi connectivity index (χ0v) is 14.5. The number of benzene rings is 1. The molecule has 1 aromatic carbocycles. The Morgan fingerprint density at radius 1 is 1.09 bits per heavy atom. The van der Waals surface area contributed by atoms with Gasteiger partial charge in [0.25, 0.3) is 0 Å². The van der Waals surface area contributed by atoms with Crippen molar-refractivity contribution in [1.82, 2.24) is 0 Å². The summed E-state index contributed by atoms with van der Waals surface area (Å²) in [6.07, 6.45) is 0.0182. The average molecular weight is 352 g/mol. The van der Waals surface area contributed by atoms with Gasteiger partial charge < -0.3 is 4.74 Å². The van der Waals surface area contributed by atoms with Gasteiger partial charge in [-0.15, -0.1) is 11.3 Å². The highest BCUT2D eigenvalue weighted by molar-refractivity contribution is 7.90. The van der Waals surface area contributed by atoms with Gasteiger partial charge in [0.1, 0.15) is 0 Å². The third-order valence-corrected chi connectivity index (χ3v) is 5.26. The lowest BCUT2D eigenvalue weighted by Crippen LogP contribution is -2.18. The molecule has 1 heterocycles. The summed E-state index contributed by atoms with van der Waals surface area (Å²) in [5.74, 6) is -0.908. The van der Waals surface area contributed by atoms with Gasteiger partial charge in [-0.1, -0.05) is 12.1 Å². The average Bonchev–Trinajstić information content (AvgIpc) is 2.90. The Morgan fingerprint density at radius 2 is 1.70 bits per heavy atom. The number of hydrogen-bond donors (Lipinski definition) is 0. The Labute approximate surface area is 138 Å². The maximum Gasteiger partial charge on any atom is 0.303 e. The van der Waals surface area contributed by atoms with Crippen LogP contribution in [0.5, 0.6) is 0 Å². The molecule has 5 nitrogen and oxygen atoms in total. The number of thiophene rings is 1. The molecule has 2 rings (SSSR count). The van der Waals surface area contributed by atoms with E-state index in [0.29, 0.717) is 10.4 Å². The van der Waals surface area contributed by atoms with Gasteiger partial charge >= 0.3 is 5.97 Å². The number of carbonyl (C=O) groups is 2. The summed E-state index contributed by atoms with van der Waals surface area (Å²) in [5, 5.41) is 0. The second-order valence-electron chi connectivity index (χ2n) is 5.11. The zero-order chi connectivity index (χ0) is 17.2. The van der Waals surface area contributed by atoms with Crippen LogP contribution < -0.4 is 0 Å². The predicted molar refractivity (Wildman–Crippen MR) is 87.4 cm³/mol. The van der Waals surface area contributed by atoms with Crippen molar-refractivity contribution in [3.8, 4) is 0 Å². The molecule has 122 valence electrons. The topological polar surface area (TPSA) is 77.5 Å². The molecule has 0 radical (unpaired) electrons. The summed E-state index contributed by atoms with van der Waals surface area (Å²) in [6, 6.07) is 9.27. The Bertz CT molecular complexity index is 832. The van der Waals surface area contributed by atoms with Gasteiger partial charge in [0.15, 0.2) is 15.9 Å². The van der Waals surface area contributed by atoms with Gasteiger partial charge in [0.2, 0.25) is 5.78 Å². The number of aryl methyl sites for hydroxylation is 1. The molecule has 0 aliphatic rings. The number of ketones is 1. The number of esters is 1. The van der Waals surface area contributed by atoms with E-state index < -0.39 is 21.9 Å². The molecule has 1 atom stereocenters. The first-order valence-electron chi connectivity index (χ1n) is 6.76. The largest absolute Gasteiger partial charge is 0.449 e. The van der Waals surface area contributed by atoms with Crippen LogP contribution in [0.4, 0.5) is 0 Å². The van der Waals surface area contributed by atoms with Crippen molar-refractivity contribution in [2.24, 2.45) is 0 Å². The Hall–Kier alpha value is -1.99. The van der Waals surface area contributed by atoms with Gasteiger partial charge in [-0.05, 0) is 31.2 Å². The summed E-state index contributed by atoms with van der Waals surface area (Å²) in [6.45, 7) is 3.11. The lowest BCUT2D eigenvalue weighted by molar-refractivity contribution is -0.144. The summed E-state index contributed by atoms with van der Waals surface area (Å²) in [5.41, 5.74) is 0.434. The normalized spacial score (nSPS) is 12.7. The van der Waals surface area contributed by atoms with E-state index in [0.717, 1.165) is 11.1 Å². The SMILES string of the molecule is CC(=O)OC(C(=O)c1ccc(C)s1)c1ccc(S(C)(=O)=O)cc1. The maximum absolute atomic E-state index is 12.6. The molecule has 0 spiro atoms. The van der Waals surface area contributed by atoms with Crippen LogP contribution in [-0.2, 0) is 19.4 Å². The van der Waals surface area contributed by atoms with Gasteiger partial charge in [-0.3, -0.25) is 9.59 Å². The van der Waals surface area contributed by atoms with Crippen molar-refractivity contribution in [2.75, 3.05) is 6.26 Å². The molecule has 0 fully saturated rings. The van der Waals surface area contributed by atoms with E-state index in [-0.39, 0.29) is 10.7 Å². The zero-order valence-electron chi connectivity index (χ0n) is 12.9. The van der Waals surface area contributed by atoms with Crippen molar-refractivity contribution >= 4 is 32.9 Å². The van der Waals surface area contributed by atoms with Crippen LogP contribution in [-0.4, -0.2) is 26.4 Å². The summed E-state index contributed by atoms with van der Waals surface area (Å²) in [4.78, 5) is 25.5. The van der Waals surface area contributed by atoms with Gasteiger partial charge in [0, 0.05) is 23.6 Å². The molecule has 7 heteroatoms. The molecule has 0 saturated heterocycles. The van der Waals surface area contributed by atoms with E-state index in [1.807, 2.05) is 13.0 Å². The highest BCUT2D eigenvalue weighted by Gasteiger charge is 2.26. The van der Waals surface area contributed by atoms with Crippen molar-refractivity contribution in [3.63, 3.8) is 0 Å². The van der Waals surface area contributed by atoms with E-state index in [4.69, 9.17) is 4.74 Å². The van der Waals surface area contributed by atoms with Crippen molar-refractivity contribution in [2.45, 2.75) is 24.8 Å². The maximum atomic E-state index is 12.6. The second-order valence-corrected chi connectivity index (χ2v) is 8.41. The number of hydrogen-bond acceptors (Lipinski definition) is 6. The number of ether oxygens (including phenoxy) is 1. The number of rotatable bonds is 5. The van der Waals surface area contributed by atoms with Crippen LogP contribution >= 0.6 is 11.3 Å². The number of sulfone groups is 1. The molecule has 0 aliphatic carbocycles. The van der Waals surface area contributed by atoms with E-state index in [2.05, 4.69) is 0 Å². The molecular weight excluding hydrogens is 336 g/mol. The Kier molecular flexibility index (Phi) is 5.01. The third kappa shape index (κ3) is 4.27. The second kappa shape index (κ2) is 6.64. The molecule has 23 heavy (non-hydrogen) atoms. The van der Waals surface area contributed by atoms with E-state index in [1.54, 1.807) is 6.07 Å². The van der Waals surface area contributed by atoms with Crippen LogP contribution in [0.1, 0.15) is 33.1 Å². The van der Waals surface area contributed by atoms with E-state index in [9.17, 15) is 18.0 Å². The fourth-order valence-electron chi connectivity index (χ4n) is 2.02. The van der Waals surface area contributed by atoms with Gasteiger partial charge in [-0.2, -0.15) is 0 Å².